The van der Waals surface area contributed by atoms with Crippen LogP contribution in [0.4, 0.5) is 5.69 Å². The Labute approximate surface area is 209 Å². The Hall–Kier alpha value is -3.66. The number of ether oxygens (including phenoxy) is 1. The molecule has 0 spiro atoms. The van der Waals surface area contributed by atoms with Crippen molar-refractivity contribution in [2.75, 3.05) is 11.9 Å². The normalized spacial score (nSPS) is 14.6. The highest BCUT2D eigenvalue weighted by Crippen LogP contribution is 2.31. The van der Waals surface area contributed by atoms with E-state index in [0.717, 1.165) is 27.9 Å². The summed E-state index contributed by atoms with van der Waals surface area (Å²) in [4.78, 5) is 16.5. The third-order valence-electron chi connectivity index (χ3n) is 5.79. The minimum Gasteiger partial charge on any atom is -0.487 e. The first-order chi connectivity index (χ1) is 16.3. The number of benzene rings is 3. The van der Waals surface area contributed by atoms with Crippen LogP contribution in [-0.4, -0.2) is 23.0 Å². The van der Waals surface area contributed by atoms with Gasteiger partial charge in [-0.3, -0.25) is 9.69 Å². The standard InChI is InChI=1S/C27H22ClN3O2S/c1-17-8-10-22(12-18(17)2)31-26(32)24(30(3)27(31)34)14-19-9-11-25(23(28)13-19)33-16-21-7-5-4-6-20(21)15-29/h4-14H,16H2,1-3H3/b24-14-. The molecule has 0 saturated carbocycles. The van der Waals surface area contributed by atoms with Gasteiger partial charge in [-0.25, -0.2) is 0 Å². The number of hydrogen-bond donors (Lipinski definition) is 0. The van der Waals surface area contributed by atoms with E-state index in [0.29, 0.717) is 27.1 Å². The lowest BCUT2D eigenvalue weighted by Gasteiger charge is -2.17. The summed E-state index contributed by atoms with van der Waals surface area (Å²) in [5, 5.41) is 10.1. The zero-order valence-corrected chi connectivity index (χ0v) is 20.6. The molecule has 1 saturated heterocycles. The van der Waals surface area contributed by atoms with Crippen LogP contribution in [0.15, 0.2) is 66.4 Å². The second kappa shape index (κ2) is 9.68. The smallest absolute Gasteiger partial charge is 0.281 e. The second-order valence-corrected chi connectivity index (χ2v) is 8.80. The molecule has 5 nitrogen and oxygen atoms in total. The van der Waals surface area contributed by atoms with Gasteiger partial charge in [0.15, 0.2) is 5.11 Å². The van der Waals surface area contributed by atoms with Crippen LogP contribution in [0, 0.1) is 25.2 Å². The molecule has 1 aliphatic rings. The van der Waals surface area contributed by atoms with Gasteiger partial charge in [-0.15, -0.1) is 0 Å². The van der Waals surface area contributed by atoms with Gasteiger partial charge in [0.05, 0.1) is 22.3 Å². The van der Waals surface area contributed by atoms with Crippen molar-refractivity contribution in [2.24, 2.45) is 0 Å². The number of amides is 1. The van der Waals surface area contributed by atoms with Gasteiger partial charge in [0.25, 0.3) is 5.91 Å². The predicted molar refractivity (Wildman–Crippen MR) is 139 cm³/mol. The monoisotopic (exact) mass is 487 g/mol. The lowest BCUT2D eigenvalue weighted by Crippen LogP contribution is -2.31. The molecule has 34 heavy (non-hydrogen) atoms. The van der Waals surface area contributed by atoms with Crippen molar-refractivity contribution in [2.45, 2.75) is 20.5 Å². The van der Waals surface area contributed by atoms with Crippen molar-refractivity contribution in [1.29, 1.82) is 5.26 Å². The van der Waals surface area contributed by atoms with Crippen molar-refractivity contribution in [1.82, 2.24) is 4.90 Å². The topological polar surface area (TPSA) is 56.6 Å². The van der Waals surface area contributed by atoms with Crippen molar-refractivity contribution in [3.8, 4) is 11.8 Å². The molecule has 1 heterocycles. The number of rotatable bonds is 5. The van der Waals surface area contributed by atoms with Crippen LogP contribution in [0.25, 0.3) is 6.08 Å². The molecule has 1 aliphatic heterocycles. The summed E-state index contributed by atoms with van der Waals surface area (Å²) in [7, 11) is 1.78. The maximum absolute atomic E-state index is 13.2. The van der Waals surface area contributed by atoms with E-state index >= 15 is 0 Å². The van der Waals surface area contributed by atoms with E-state index in [1.807, 2.05) is 56.3 Å². The van der Waals surface area contributed by atoms with E-state index in [1.54, 1.807) is 41.1 Å². The highest BCUT2D eigenvalue weighted by Gasteiger charge is 2.36. The van der Waals surface area contributed by atoms with Gasteiger partial charge in [-0.2, -0.15) is 5.26 Å². The quantitative estimate of drug-likeness (QED) is 0.326. The highest BCUT2D eigenvalue weighted by molar-refractivity contribution is 7.80. The van der Waals surface area contributed by atoms with Gasteiger partial charge < -0.3 is 9.64 Å². The fourth-order valence-electron chi connectivity index (χ4n) is 3.64. The summed E-state index contributed by atoms with van der Waals surface area (Å²) in [5.41, 5.74) is 5.53. The molecule has 0 aromatic heterocycles. The molecule has 0 bridgehead atoms. The molecule has 3 aromatic rings. The van der Waals surface area contributed by atoms with Crippen LogP contribution in [0.3, 0.4) is 0 Å². The summed E-state index contributed by atoms with van der Waals surface area (Å²) in [5.74, 6) is 0.301. The zero-order chi connectivity index (χ0) is 24.4. The number of aryl methyl sites for hydroxylation is 2. The maximum atomic E-state index is 13.2. The molecular formula is C27H22ClN3O2S. The van der Waals surface area contributed by atoms with Crippen LogP contribution < -0.4 is 9.64 Å². The van der Waals surface area contributed by atoms with Gasteiger partial charge in [-0.1, -0.05) is 41.9 Å². The Morgan fingerprint density at radius 2 is 1.85 bits per heavy atom. The first-order valence-corrected chi connectivity index (χ1v) is 11.4. The number of carbonyl (C=O) groups is 1. The number of anilines is 1. The first kappa shape index (κ1) is 23.5. The predicted octanol–water partition coefficient (Wildman–Crippen LogP) is 6.01. The van der Waals surface area contributed by atoms with Gasteiger partial charge in [0.1, 0.15) is 18.1 Å². The molecule has 0 radical (unpaired) electrons. The molecule has 0 unspecified atom stereocenters. The molecule has 170 valence electrons. The summed E-state index contributed by atoms with van der Waals surface area (Å²) >= 11 is 12.0. The second-order valence-electron chi connectivity index (χ2n) is 8.03. The van der Waals surface area contributed by atoms with Crippen LogP contribution in [0.1, 0.15) is 27.8 Å². The van der Waals surface area contributed by atoms with Crippen LogP contribution in [0.2, 0.25) is 5.02 Å². The Morgan fingerprint density at radius 3 is 2.56 bits per heavy atom. The van der Waals surface area contributed by atoms with Crippen molar-refractivity contribution < 1.29 is 9.53 Å². The molecule has 1 fully saturated rings. The fraction of sp³-hybridized carbons (Fsp3) is 0.148. The summed E-state index contributed by atoms with van der Waals surface area (Å²) in [6.45, 7) is 4.26. The fourth-order valence-corrected chi connectivity index (χ4v) is 4.17. The van der Waals surface area contributed by atoms with E-state index in [1.165, 1.54) is 0 Å². The van der Waals surface area contributed by atoms with E-state index < -0.39 is 0 Å². The average molecular weight is 488 g/mol. The van der Waals surface area contributed by atoms with Gasteiger partial charge in [0.2, 0.25) is 0 Å². The summed E-state index contributed by atoms with van der Waals surface area (Å²) in [6.07, 6.45) is 1.76. The maximum Gasteiger partial charge on any atom is 0.281 e. The number of thiocarbonyl (C=S) groups is 1. The highest BCUT2D eigenvalue weighted by atomic mass is 35.5. The third-order valence-corrected chi connectivity index (χ3v) is 6.54. The molecule has 1 amide bonds. The largest absolute Gasteiger partial charge is 0.487 e. The number of halogens is 1. The average Bonchev–Trinajstić information content (AvgIpc) is 3.03. The van der Waals surface area contributed by atoms with E-state index in [2.05, 4.69) is 6.07 Å². The first-order valence-electron chi connectivity index (χ1n) is 10.6. The molecule has 0 N–H and O–H groups in total. The number of nitriles is 1. The number of carbonyl (C=O) groups excluding carboxylic acids is 1. The van der Waals surface area contributed by atoms with E-state index in [4.69, 9.17) is 28.6 Å². The molecule has 0 aliphatic carbocycles. The minimum atomic E-state index is -0.194. The van der Waals surface area contributed by atoms with E-state index in [9.17, 15) is 10.1 Å². The van der Waals surface area contributed by atoms with Crippen LogP contribution in [-0.2, 0) is 11.4 Å². The number of nitrogens with zero attached hydrogens (tertiary/aromatic N) is 3. The SMILES string of the molecule is Cc1ccc(N2C(=O)/C(=C/c3ccc(OCc4ccccc4C#N)c(Cl)c3)N(C)C2=S)cc1C. The number of hydrogen-bond acceptors (Lipinski definition) is 4. The molecule has 7 heteroatoms. The minimum absolute atomic E-state index is 0.194. The van der Waals surface area contributed by atoms with Crippen molar-refractivity contribution in [3.63, 3.8) is 0 Å². The van der Waals surface area contributed by atoms with Gasteiger partial charge in [-0.05, 0) is 79.2 Å². The van der Waals surface area contributed by atoms with Crippen molar-refractivity contribution in [3.05, 3.63) is 99.2 Å². The molecular weight excluding hydrogens is 466 g/mol. The summed E-state index contributed by atoms with van der Waals surface area (Å²) in [6, 6.07) is 20.6. The lowest BCUT2D eigenvalue weighted by atomic mass is 10.1. The summed E-state index contributed by atoms with van der Waals surface area (Å²) < 4.78 is 5.84. The van der Waals surface area contributed by atoms with Crippen molar-refractivity contribution >= 4 is 46.6 Å². The molecule has 3 aromatic carbocycles. The van der Waals surface area contributed by atoms with Gasteiger partial charge in [0, 0.05) is 12.6 Å². The van der Waals surface area contributed by atoms with E-state index in [-0.39, 0.29) is 12.5 Å². The lowest BCUT2D eigenvalue weighted by molar-refractivity contribution is -0.114. The van der Waals surface area contributed by atoms with Crippen LogP contribution >= 0.6 is 23.8 Å². The van der Waals surface area contributed by atoms with Gasteiger partial charge >= 0.3 is 0 Å². The van der Waals surface area contributed by atoms with Crippen LogP contribution in [0.5, 0.6) is 5.75 Å². The zero-order valence-electron chi connectivity index (χ0n) is 19.0. The molecule has 4 rings (SSSR count). The Kier molecular flexibility index (Phi) is 6.69. The third kappa shape index (κ3) is 4.54. The number of likely N-dealkylation sites (N-methyl/N-ethyl adjacent to an activating group) is 1. The Morgan fingerprint density at radius 1 is 1.09 bits per heavy atom. The Bertz CT molecular complexity index is 1380. The molecule has 0 atom stereocenters. The Balaban J connectivity index is 1.56.